The van der Waals surface area contributed by atoms with E-state index >= 15 is 0 Å². The van der Waals surface area contributed by atoms with Gasteiger partial charge in [0.15, 0.2) is 11.5 Å². The lowest BCUT2D eigenvalue weighted by Gasteiger charge is -2.34. The number of nitriles is 1. The number of hydrogen-bond donors (Lipinski definition) is 1. The smallest absolute Gasteiger partial charge is 0.225 e. The number of amides is 1. The Morgan fingerprint density at radius 2 is 2.14 bits per heavy atom. The van der Waals surface area contributed by atoms with E-state index in [1.807, 2.05) is 25.7 Å². The number of nitrogens with one attached hydrogen (secondary N) is 1. The summed E-state index contributed by atoms with van der Waals surface area (Å²) >= 11 is 0. The van der Waals surface area contributed by atoms with E-state index in [1.54, 1.807) is 6.20 Å². The summed E-state index contributed by atoms with van der Waals surface area (Å²) < 4.78 is 0. The highest BCUT2D eigenvalue weighted by Gasteiger charge is 2.29. The van der Waals surface area contributed by atoms with E-state index < -0.39 is 0 Å². The van der Waals surface area contributed by atoms with E-state index in [9.17, 15) is 4.79 Å². The van der Waals surface area contributed by atoms with E-state index in [0.717, 1.165) is 19.4 Å². The van der Waals surface area contributed by atoms with Crippen LogP contribution in [0, 0.1) is 17.2 Å². The molecule has 1 aliphatic heterocycles. The fourth-order valence-corrected chi connectivity index (χ4v) is 2.50. The standard InChI is InChI=1S/C15H21N5O/c1-15(2,3)19-14(21)11-5-4-8-20(10-11)13-12(9-16)17-6-7-18-13/h6-7,11H,4-5,8,10H2,1-3H3,(H,19,21). The van der Waals surface area contributed by atoms with E-state index in [1.165, 1.54) is 6.20 Å². The summed E-state index contributed by atoms with van der Waals surface area (Å²) in [6.45, 7) is 7.30. The molecule has 0 saturated carbocycles. The third-order valence-electron chi connectivity index (χ3n) is 3.37. The van der Waals surface area contributed by atoms with Gasteiger partial charge in [-0.05, 0) is 33.6 Å². The van der Waals surface area contributed by atoms with Crippen LogP contribution < -0.4 is 10.2 Å². The molecule has 1 N–H and O–H groups in total. The highest BCUT2D eigenvalue weighted by Crippen LogP contribution is 2.23. The molecule has 0 radical (unpaired) electrons. The van der Waals surface area contributed by atoms with E-state index in [-0.39, 0.29) is 17.4 Å². The van der Waals surface area contributed by atoms with Crippen molar-refractivity contribution in [2.75, 3.05) is 18.0 Å². The molecule has 1 aromatic heterocycles. The summed E-state index contributed by atoms with van der Waals surface area (Å²) in [5, 5.41) is 12.1. The molecule has 1 amide bonds. The van der Waals surface area contributed by atoms with Crippen molar-refractivity contribution >= 4 is 11.7 Å². The Morgan fingerprint density at radius 3 is 2.81 bits per heavy atom. The predicted octanol–water partition coefficient (Wildman–Crippen LogP) is 1.48. The maximum Gasteiger partial charge on any atom is 0.225 e. The van der Waals surface area contributed by atoms with Crippen LogP contribution in [0.2, 0.25) is 0 Å². The maximum atomic E-state index is 12.3. The second kappa shape index (κ2) is 6.08. The lowest BCUT2D eigenvalue weighted by atomic mass is 9.95. The minimum Gasteiger partial charge on any atom is -0.353 e. The van der Waals surface area contributed by atoms with Crippen LogP contribution in [0.5, 0.6) is 0 Å². The maximum absolute atomic E-state index is 12.3. The van der Waals surface area contributed by atoms with Crippen LogP contribution in [0.4, 0.5) is 5.82 Å². The van der Waals surface area contributed by atoms with Crippen molar-refractivity contribution < 1.29 is 4.79 Å². The normalized spacial score (nSPS) is 19.0. The van der Waals surface area contributed by atoms with Crippen molar-refractivity contribution in [1.82, 2.24) is 15.3 Å². The van der Waals surface area contributed by atoms with Gasteiger partial charge in [-0.15, -0.1) is 0 Å². The molecule has 0 aliphatic carbocycles. The monoisotopic (exact) mass is 287 g/mol. The van der Waals surface area contributed by atoms with Crippen LogP contribution in [0.25, 0.3) is 0 Å². The highest BCUT2D eigenvalue weighted by atomic mass is 16.2. The van der Waals surface area contributed by atoms with Crippen LogP contribution in [-0.4, -0.2) is 34.5 Å². The molecule has 112 valence electrons. The number of nitrogens with zero attached hydrogens (tertiary/aromatic N) is 4. The van der Waals surface area contributed by atoms with Crippen molar-refractivity contribution in [1.29, 1.82) is 5.26 Å². The fourth-order valence-electron chi connectivity index (χ4n) is 2.50. The molecule has 6 heteroatoms. The minimum absolute atomic E-state index is 0.0644. The number of piperidine rings is 1. The van der Waals surface area contributed by atoms with Crippen molar-refractivity contribution in [3.63, 3.8) is 0 Å². The summed E-state index contributed by atoms with van der Waals surface area (Å²) in [7, 11) is 0. The summed E-state index contributed by atoms with van der Waals surface area (Å²) in [6, 6.07) is 2.06. The lowest BCUT2D eigenvalue weighted by Crippen LogP contribution is -2.49. The molecule has 0 aromatic carbocycles. The molecule has 6 nitrogen and oxygen atoms in total. The van der Waals surface area contributed by atoms with Crippen LogP contribution in [0.15, 0.2) is 12.4 Å². The van der Waals surface area contributed by atoms with E-state index in [0.29, 0.717) is 18.1 Å². The second-order valence-electron chi connectivity index (χ2n) is 6.36. The molecular weight excluding hydrogens is 266 g/mol. The summed E-state index contributed by atoms with van der Waals surface area (Å²) in [5.74, 6) is 0.564. The van der Waals surface area contributed by atoms with Gasteiger partial charge in [-0.3, -0.25) is 4.79 Å². The quantitative estimate of drug-likeness (QED) is 0.891. The van der Waals surface area contributed by atoms with Gasteiger partial charge in [0.2, 0.25) is 5.91 Å². The van der Waals surface area contributed by atoms with Gasteiger partial charge in [-0.25, -0.2) is 9.97 Å². The van der Waals surface area contributed by atoms with Gasteiger partial charge in [-0.2, -0.15) is 5.26 Å². The van der Waals surface area contributed by atoms with Crippen molar-refractivity contribution in [3.8, 4) is 6.07 Å². The first kappa shape index (κ1) is 15.2. The van der Waals surface area contributed by atoms with Gasteiger partial charge >= 0.3 is 0 Å². The highest BCUT2D eigenvalue weighted by molar-refractivity contribution is 5.80. The van der Waals surface area contributed by atoms with Gasteiger partial charge < -0.3 is 10.2 Å². The molecule has 1 fully saturated rings. The van der Waals surface area contributed by atoms with Crippen molar-refractivity contribution in [2.45, 2.75) is 39.2 Å². The largest absolute Gasteiger partial charge is 0.353 e. The first-order chi connectivity index (χ1) is 9.90. The van der Waals surface area contributed by atoms with E-state index in [4.69, 9.17) is 5.26 Å². The number of carbonyl (C=O) groups is 1. The molecule has 2 heterocycles. The number of aromatic nitrogens is 2. The number of carbonyl (C=O) groups excluding carboxylic acids is 1. The predicted molar refractivity (Wildman–Crippen MR) is 79.6 cm³/mol. The second-order valence-corrected chi connectivity index (χ2v) is 6.36. The van der Waals surface area contributed by atoms with E-state index in [2.05, 4.69) is 21.4 Å². The first-order valence-electron chi connectivity index (χ1n) is 7.19. The first-order valence-corrected chi connectivity index (χ1v) is 7.19. The van der Waals surface area contributed by atoms with Crippen molar-refractivity contribution in [3.05, 3.63) is 18.1 Å². The molecule has 1 aliphatic rings. The number of anilines is 1. The Hall–Kier alpha value is -2.16. The minimum atomic E-state index is -0.232. The molecule has 2 rings (SSSR count). The van der Waals surface area contributed by atoms with Gasteiger partial charge in [0.1, 0.15) is 6.07 Å². The summed E-state index contributed by atoms with van der Waals surface area (Å²) in [4.78, 5) is 22.6. The third-order valence-corrected chi connectivity index (χ3v) is 3.37. The Kier molecular flexibility index (Phi) is 4.41. The van der Waals surface area contributed by atoms with Crippen LogP contribution >= 0.6 is 0 Å². The van der Waals surface area contributed by atoms with Gasteiger partial charge in [-0.1, -0.05) is 0 Å². The van der Waals surface area contributed by atoms with Gasteiger partial charge in [0, 0.05) is 31.0 Å². The van der Waals surface area contributed by atoms with Gasteiger partial charge in [0.05, 0.1) is 5.92 Å². The average Bonchev–Trinajstić information content (AvgIpc) is 2.45. The molecule has 1 unspecified atom stereocenters. The molecule has 0 bridgehead atoms. The van der Waals surface area contributed by atoms with Crippen molar-refractivity contribution in [2.24, 2.45) is 5.92 Å². The Bertz CT molecular complexity index is 558. The summed E-state index contributed by atoms with van der Waals surface area (Å²) in [6.07, 6.45) is 4.86. The van der Waals surface area contributed by atoms with Crippen LogP contribution in [0.1, 0.15) is 39.3 Å². The fraction of sp³-hybridized carbons (Fsp3) is 0.600. The molecule has 0 spiro atoms. The molecule has 1 aromatic rings. The summed E-state index contributed by atoms with van der Waals surface area (Å²) in [5.41, 5.74) is 0.0818. The van der Waals surface area contributed by atoms with Crippen LogP contribution in [-0.2, 0) is 4.79 Å². The topological polar surface area (TPSA) is 81.9 Å². The molecule has 21 heavy (non-hydrogen) atoms. The Morgan fingerprint density at radius 1 is 1.43 bits per heavy atom. The zero-order valence-electron chi connectivity index (χ0n) is 12.8. The number of rotatable bonds is 2. The molecule has 1 saturated heterocycles. The Balaban J connectivity index is 2.11. The molecular formula is C15H21N5O. The SMILES string of the molecule is CC(C)(C)NC(=O)C1CCCN(c2nccnc2C#N)C1. The molecule has 1 atom stereocenters. The lowest BCUT2D eigenvalue weighted by molar-refractivity contribution is -0.126. The van der Waals surface area contributed by atoms with Gasteiger partial charge in [0.25, 0.3) is 0 Å². The van der Waals surface area contributed by atoms with Crippen LogP contribution in [0.3, 0.4) is 0 Å². The average molecular weight is 287 g/mol. The zero-order chi connectivity index (χ0) is 15.5. The zero-order valence-corrected chi connectivity index (χ0v) is 12.8. The Labute approximate surface area is 125 Å². The number of hydrogen-bond acceptors (Lipinski definition) is 5. The third kappa shape index (κ3) is 3.91.